The maximum Gasteiger partial charge on any atom is 0.233 e. The van der Waals surface area contributed by atoms with Gasteiger partial charge in [0.25, 0.3) is 0 Å². The van der Waals surface area contributed by atoms with Crippen molar-refractivity contribution in [1.29, 1.82) is 0 Å². The van der Waals surface area contributed by atoms with Crippen LogP contribution in [0.15, 0.2) is 4.99 Å². The van der Waals surface area contributed by atoms with E-state index in [1.807, 2.05) is 0 Å². The van der Waals surface area contributed by atoms with Gasteiger partial charge in [0.1, 0.15) is 0 Å². The van der Waals surface area contributed by atoms with Crippen molar-refractivity contribution in [1.82, 2.24) is 25.8 Å². The Balaban J connectivity index is 1.80. The Morgan fingerprint density at radius 1 is 1.30 bits per heavy atom. The predicted molar refractivity (Wildman–Crippen MR) is 109 cm³/mol. The molecule has 2 heterocycles. The monoisotopic (exact) mass is 382 g/mol. The van der Waals surface area contributed by atoms with E-state index in [1.165, 1.54) is 0 Å². The number of nitrogens with zero attached hydrogens (tertiary/aromatic N) is 3. The first-order chi connectivity index (χ1) is 13.0. The van der Waals surface area contributed by atoms with Gasteiger partial charge in [0.05, 0.1) is 26.3 Å². The number of aliphatic imine (C=N–C) groups is 1. The molecule has 8 nitrogen and oxygen atoms in total. The molecule has 0 aromatic carbocycles. The zero-order valence-corrected chi connectivity index (χ0v) is 17.5. The van der Waals surface area contributed by atoms with Crippen LogP contribution in [0.25, 0.3) is 0 Å². The second kappa shape index (κ2) is 11.5. The molecule has 0 spiro atoms. The van der Waals surface area contributed by atoms with E-state index in [-0.39, 0.29) is 5.91 Å². The Kier molecular flexibility index (Phi) is 9.30. The summed E-state index contributed by atoms with van der Waals surface area (Å²) < 4.78 is 5.54. The topological polar surface area (TPSA) is 81.2 Å². The highest BCUT2D eigenvalue weighted by Gasteiger charge is 2.24. The molecule has 0 radical (unpaired) electrons. The number of ether oxygens (including phenoxy) is 1. The van der Waals surface area contributed by atoms with Crippen molar-refractivity contribution in [3.63, 3.8) is 0 Å². The molecule has 3 N–H and O–H groups in total. The largest absolute Gasteiger partial charge is 0.379 e. The van der Waals surface area contributed by atoms with Gasteiger partial charge < -0.3 is 20.7 Å². The summed E-state index contributed by atoms with van der Waals surface area (Å²) in [5.74, 6) is 0.984. The highest BCUT2D eigenvalue weighted by atomic mass is 16.5. The van der Waals surface area contributed by atoms with Crippen LogP contribution >= 0.6 is 0 Å². The van der Waals surface area contributed by atoms with E-state index in [1.54, 1.807) is 7.05 Å². The van der Waals surface area contributed by atoms with Gasteiger partial charge in [-0.3, -0.25) is 19.6 Å². The minimum absolute atomic E-state index is 0.0858. The van der Waals surface area contributed by atoms with Crippen LogP contribution in [0, 0.1) is 0 Å². The van der Waals surface area contributed by atoms with E-state index in [4.69, 9.17) is 9.73 Å². The fraction of sp³-hybridized carbons (Fsp3) is 0.895. The van der Waals surface area contributed by atoms with Gasteiger partial charge in [-0.25, -0.2) is 0 Å². The Hall–Kier alpha value is -1.38. The Morgan fingerprint density at radius 3 is 2.67 bits per heavy atom. The average Bonchev–Trinajstić information content (AvgIpc) is 2.67. The Bertz CT molecular complexity index is 479. The molecular formula is C19H38N6O2. The molecular weight excluding hydrogens is 344 g/mol. The molecule has 2 rings (SSSR count). The zero-order chi connectivity index (χ0) is 19.6. The average molecular weight is 383 g/mol. The number of likely N-dealkylation sites (tertiary alicyclic amines) is 1. The molecule has 156 valence electrons. The van der Waals surface area contributed by atoms with Crippen molar-refractivity contribution < 1.29 is 9.53 Å². The number of hydrogen-bond donors (Lipinski definition) is 3. The molecule has 0 aromatic heterocycles. The summed E-state index contributed by atoms with van der Waals surface area (Å²) in [5.41, 5.74) is 0. The normalized spacial score (nSPS) is 24.4. The van der Waals surface area contributed by atoms with Crippen LogP contribution in [-0.2, 0) is 9.53 Å². The summed E-state index contributed by atoms with van der Waals surface area (Å²) >= 11 is 0. The molecule has 2 aliphatic heterocycles. The molecule has 8 heteroatoms. The lowest BCUT2D eigenvalue weighted by Gasteiger charge is -2.37. The lowest BCUT2D eigenvalue weighted by atomic mass is 10.1. The molecule has 2 unspecified atom stereocenters. The van der Waals surface area contributed by atoms with E-state index in [0.29, 0.717) is 24.7 Å². The molecule has 1 amide bonds. The standard InChI is InChI=1S/C19H38N6O2/c1-5-21-19(22-12-15(2)25-10-11-27-14-16(25)3)23-17-6-8-24(9-7-17)13-18(26)20-4/h15-17H,5-14H2,1-4H3,(H,20,26)(H2,21,22,23). The fourth-order valence-electron chi connectivity index (χ4n) is 3.75. The third-order valence-corrected chi connectivity index (χ3v) is 5.42. The van der Waals surface area contributed by atoms with Gasteiger partial charge in [-0.05, 0) is 33.6 Å². The van der Waals surface area contributed by atoms with Gasteiger partial charge in [0, 0.05) is 51.4 Å². The molecule has 2 fully saturated rings. The van der Waals surface area contributed by atoms with Crippen LogP contribution in [0.2, 0.25) is 0 Å². The molecule has 0 aromatic rings. The van der Waals surface area contributed by atoms with Gasteiger partial charge in [-0.1, -0.05) is 0 Å². The van der Waals surface area contributed by atoms with Gasteiger partial charge in [-0.15, -0.1) is 0 Å². The van der Waals surface area contributed by atoms with Gasteiger partial charge >= 0.3 is 0 Å². The second-order valence-corrected chi connectivity index (χ2v) is 7.60. The number of piperidine rings is 1. The van der Waals surface area contributed by atoms with Gasteiger partial charge in [0.15, 0.2) is 5.96 Å². The maximum atomic E-state index is 11.5. The van der Waals surface area contributed by atoms with Gasteiger partial charge in [0.2, 0.25) is 5.91 Å². The number of guanidine groups is 1. The first-order valence-electron chi connectivity index (χ1n) is 10.3. The second-order valence-electron chi connectivity index (χ2n) is 7.60. The van der Waals surface area contributed by atoms with Crippen LogP contribution < -0.4 is 16.0 Å². The summed E-state index contributed by atoms with van der Waals surface area (Å²) in [6.07, 6.45) is 2.05. The third-order valence-electron chi connectivity index (χ3n) is 5.42. The predicted octanol–water partition coefficient (Wildman–Crippen LogP) is -0.139. The minimum Gasteiger partial charge on any atom is -0.379 e. The fourth-order valence-corrected chi connectivity index (χ4v) is 3.75. The van der Waals surface area contributed by atoms with Crippen molar-refractivity contribution in [2.24, 2.45) is 4.99 Å². The van der Waals surface area contributed by atoms with Gasteiger partial charge in [-0.2, -0.15) is 0 Å². The highest BCUT2D eigenvalue weighted by molar-refractivity contribution is 5.80. The number of likely N-dealkylation sites (N-methyl/N-ethyl adjacent to an activating group) is 1. The number of amides is 1. The first-order valence-corrected chi connectivity index (χ1v) is 10.3. The third kappa shape index (κ3) is 7.27. The van der Waals surface area contributed by atoms with Crippen LogP contribution in [0.5, 0.6) is 0 Å². The molecule has 2 aliphatic rings. The summed E-state index contributed by atoms with van der Waals surface area (Å²) in [5, 5.41) is 9.65. The Labute approximate surface area is 164 Å². The van der Waals surface area contributed by atoms with Crippen molar-refractivity contribution >= 4 is 11.9 Å². The number of morpholine rings is 1. The smallest absolute Gasteiger partial charge is 0.233 e. The number of carbonyl (C=O) groups is 1. The molecule has 2 atom stereocenters. The van der Waals surface area contributed by atoms with Crippen molar-refractivity contribution in [3.05, 3.63) is 0 Å². The summed E-state index contributed by atoms with van der Waals surface area (Å²) in [6, 6.07) is 1.25. The van der Waals surface area contributed by atoms with E-state index >= 15 is 0 Å². The van der Waals surface area contributed by atoms with Crippen LogP contribution in [-0.4, -0.2) is 99.3 Å². The van der Waals surface area contributed by atoms with E-state index in [0.717, 1.165) is 64.7 Å². The van der Waals surface area contributed by atoms with E-state index in [9.17, 15) is 4.79 Å². The molecule has 0 saturated carbocycles. The molecule has 0 aliphatic carbocycles. The van der Waals surface area contributed by atoms with Crippen molar-refractivity contribution in [2.45, 2.75) is 51.7 Å². The molecule has 0 bridgehead atoms. The number of carbonyl (C=O) groups excluding carboxylic acids is 1. The summed E-state index contributed by atoms with van der Waals surface area (Å²) in [7, 11) is 1.69. The molecule has 27 heavy (non-hydrogen) atoms. The summed E-state index contributed by atoms with van der Waals surface area (Å²) in [4.78, 5) is 21.0. The maximum absolute atomic E-state index is 11.5. The zero-order valence-electron chi connectivity index (χ0n) is 17.5. The highest BCUT2D eigenvalue weighted by Crippen LogP contribution is 2.12. The lowest BCUT2D eigenvalue weighted by Crippen LogP contribution is -2.51. The van der Waals surface area contributed by atoms with Crippen molar-refractivity contribution in [2.75, 3.05) is 59.5 Å². The van der Waals surface area contributed by atoms with Crippen LogP contribution in [0.3, 0.4) is 0 Å². The lowest BCUT2D eigenvalue weighted by molar-refractivity contribution is -0.122. The van der Waals surface area contributed by atoms with E-state index in [2.05, 4.69) is 46.5 Å². The Morgan fingerprint density at radius 2 is 2.04 bits per heavy atom. The minimum atomic E-state index is 0.0858. The summed E-state index contributed by atoms with van der Waals surface area (Å²) in [6.45, 7) is 13.1. The van der Waals surface area contributed by atoms with E-state index < -0.39 is 0 Å². The molecule has 2 saturated heterocycles. The first kappa shape index (κ1) is 21.9. The quantitative estimate of drug-likeness (QED) is 0.420. The number of hydrogen-bond acceptors (Lipinski definition) is 5. The SMILES string of the molecule is CCNC(=NCC(C)N1CCOCC1C)NC1CCN(CC(=O)NC)CC1. The van der Waals surface area contributed by atoms with Crippen LogP contribution in [0.1, 0.15) is 33.6 Å². The number of nitrogens with one attached hydrogen (secondary N) is 3. The van der Waals surface area contributed by atoms with Crippen LogP contribution in [0.4, 0.5) is 0 Å². The van der Waals surface area contributed by atoms with Crippen molar-refractivity contribution in [3.8, 4) is 0 Å². The number of rotatable bonds is 7.